The van der Waals surface area contributed by atoms with E-state index < -0.39 is 0 Å². The summed E-state index contributed by atoms with van der Waals surface area (Å²) in [5.74, 6) is 0.818. The second-order valence-electron chi connectivity index (χ2n) is 3.66. The average Bonchev–Trinajstić information content (AvgIpc) is 2.13. The van der Waals surface area contributed by atoms with Gasteiger partial charge in [0.1, 0.15) is 0 Å². The van der Waals surface area contributed by atoms with Gasteiger partial charge in [-0.3, -0.25) is 4.79 Å². The molecule has 0 aliphatic carbocycles. The molecule has 1 unspecified atom stereocenters. The van der Waals surface area contributed by atoms with Crippen LogP contribution < -0.4 is 5.32 Å². The van der Waals surface area contributed by atoms with Crippen LogP contribution in [0.4, 0.5) is 0 Å². The molecular formula is C9H17NO. The van der Waals surface area contributed by atoms with Crippen LogP contribution in [0.3, 0.4) is 0 Å². The molecule has 0 aromatic heterocycles. The van der Waals surface area contributed by atoms with Crippen molar-refractivity contribution in [2.75, 3.05) is 0 Å². The Hall–Kier alpha value is -0.530. The fourth-order valence-electron chi connectivity index (χ4n) is 1.50. The van der Waals surface area contributed by atoms with Crippen LogP contribution in [0.5, 0.6) is 0 Å². The third-order valence-electron chi connectivity index (χ3n) is 2.32. The number of rotatable bonds is 1. The Labute approximate surface area is 68.4 Å². The van der Waals surface area contributed by atoms with Crippen molar-refractivity contribution in [3.8, 4) is 0 Å². The van der Waals surface area contributed by atoms with Gasteiger partial charge in [-0.1, -0.05) is 20.3 Å². The maximum Gasteiger partial charge on any atom is 0.220 e. The van der Waals surface area contributed by atoms with Crippen molar-refractivity contribution in [1.82, 2.24) is 5.32 Å². The topological polar surface area (TPSA) is 29.1 Å². The summed E-state index contributed by atoms with van der Waals surface area (Å²) in [5, 5.41) is 3.04. The zero-order chi connectivity index (χ0) is 8.27. The molecule has 1 saturated heterocycles. The van der Waals surface area contributed by atoms with Crippen LogP contribution in [-0.4, -0.2) is 11.9 Å². The van der Waals surface area contributed by atoms with Crippen LogP contribution in [0.15, 0.2) is 0 Å². The highest BCUT2D eigenvalue weighted by Crippen LogP contribution is 2.14. The highest BCUT2D eigenvalue weighted by Gasteiger charge is 2.18. The number of carbonyl (C=O) groups excluding carboxylic acids is 1. The average molecular weight is 155 g/mol. The second kappa shape index (κ2) is 3.74. The number of nitrogens with one attached hydrogen (secondary N) is 1. The summed E-state index contributed by atoms with van der Waals surface area (Å²) in [5.41, 5.74) is 0. The highest BCUT2D eigenvalue weighted by molar-refractivity contribution is 5.76. The van der Waals surface area contributed by atoms with Crippen molar-refractivity contribution < 1.29 is 4.79 Å². The van der Waals surface area contributed by atoms with Gasteiger partial charge in [-0.15, -0.1) is 0 Å². The molecule has 2 heteroatoms. The van der Waals surface area contributed by atoms with Gasteiger partial charge in [-0.25, -0.2) is 0 Å². The molecule has 64 valence electrons. The largest absolute Gasteiger partial charge is 0.353 e. The molecule has 2 nitrogen and oxygen atoms in total. The smallest absolute Gasteiger partial charge is 0.220 e. The van der Waals surface area contributed by atoms with E-state index in [1.807, 2.05) is 0 Å². The minimum absolute atomic E-state index is 0.237. The Morgan fingerprint density at radius 3 is 2.82 bits per heavy atom. The van der Waals surface area contributed by atoms with Gasteiger partial charge in [0.05, 0.1) is 0 Å². The van der Waals surface area contributed by atoms with Gasteiger partial charge in [0, 0.05) is 12.5 Å². The predicted octanol–water partition coefficient (Wildman–Crippen LogP) is 1.70. The minimum atomic E-state index is 0.237. The molecule has 1 atom stereocenters. The fourth-order valence-corrected chi connectivity index (χ4v) is 1.50. The Kier molecular flexibility index (Phi) is 2.92. The molecule has 0 spiro atoms. The summed E-state index contributed by atoms with van der Waals surface area (Å²) in [7, 11) is 0. The molecule has 0 aromatic rings. The van der Waals surface area contributed by atoms with E-state index in [0.29, 0.717) is 12.0 Å². The molecule has 11 heavy (non-hydrogen) atoms. The zero-order valence-corrected chi connectivity index (χ0v) is 7.39. The highest BCUT2D eigenvalue weighted by atomic mass is 16.1. The van der Waals surface area contributed by atoms with E-state index in [1.54, 1.807) is 0 Å². The first-order valence-corrected chi connectivity index (χ1v) is 4.49. The lowest BCUT2D eigenvalue weighted by molar-refractivity contribution is -0.121. The van der Waals surface area contributed by atoms with Crippen molar-refractivity contribution in [3.63, 3.8) is 0 Å². The van der Waals surface area contributed by atoms with E-state index in [1.165, 1.54) is 6.42 Å². The first-order chi connectivity index (χ1) is 5.20. The Morgan fingerprint density at radius 2 is 2.18 bits per heavy atom. The van der Waals surface area contributed by atoms with Gasteiger partial charge in [-0.2, -0.15) is 0 Å². The van der Waals surface area contributed by atoms with Gasteiger partial charge < -0.3 is 5.32 Å². The third kappa shape index (κ3) is 2.52. The van der Waals surface area contributed by atoms with E-state index in [-0.39, 0.29) is 5.91 Å². The SMILES string of the molecule is CC(C)C1CCCCC(=O)N1. The van der Waals surface area contributed by atoms with Crippen LogP contribution >= 0.6 is 0 Å². The van der Waals surface area contributed by atoms with E-state index in [9.17, 15) is 4.79 Å². The standard InChI is InChI=1S/C9H17NO/c1-7(2)8-5-3-4-6-9(11)10-8/h7-8H,3-6H2,1-2H3,(H,10,11). The van der Waals surface area contributed by atoms with Crippen molar-refractivity contribution in [3.05, 3.63) is 0 Å². The molecule has 1 N–H and O–H groups in total. The number of hydrogen-bond acceptors (Lipinski definition) is 1. The first-order valence-electron chi connectivity index (χ1n) is 4.49. The van der Waals surface area contributed by atoms with Crippen molar-refractivity contribution in [2.45, 2.75) is 45.6 Å². The van der Waals surface area contributed by atoms with Crippen molar-refractivity contribution in [2.24, 2.45) is 5.92 Å². The van der Waals surface area contributed by atoms with E-state index in [4.69, 9.17) is 0 Å². The van der Waals surface area contributed by atoms with Crippen LogP contribution in [-0.2, 0) is 4.79 Å². The van der Waals surface area contributed by atoms with Gasteiger partial charge in [0.2, 0.25) is 5.91 Å². The van der Waals surface area contributed by atoms with Crippen LogP contribution in [0.25, 0.3) is 0 Å². The molecular weight excluding hydrogens is 138 g/mol. The Morgan fingerprint density at radius 1 is 1.45 bits per heavy atom. The number of amides is 1. The second-order valence-corrected chi connectivity index (χ2v) is 3.66. The molecule has 1 aliphatic heterocycles. The summed E-state index contributed by atoms with van der Waals surface area (Å²) in [4.78, 5) is 11.1. The van der Waals surface area contributed by atoms with Crippen molar-refractivity contribution in [1.29, 1.82) is 0 Å². The fraction of sp³-hybridized carbons (Fsp3) is 0.889. The minimum Gasteiger partial charge on any atom is -0.353 e. The molecule has 0 radical (unpaired) electrons. The molecule has 1 amide bonds. The monoisotopic (exact) mass is 155 g/mol. The number of carbonyl (C=O) groups is 1. The maximum atomic E-state index is 11.1. The van der Waals surface area contributed by atoms with Gasteiger partial charge in [-0.05, 0) is 18.8 Å². The van der Waals surface area contributed by atoms with Crippen molar-refractivity contribution >= 4 is 5.91 Å². The quantitative estimate of drug-likeness (QED) is 0.613. The van der Waals surface area contributed by atoms with Crippen LogP contribution in [0.1, 0.15) is 39.5 Å². The van der Waals surface area contributed by atoms with Crippen LogP contribution in [0.2, 0.25) is 0 Å². The lowest BCUT2D eigenvalue weighted by Crippen LogP contribution is -2.36. The normalized spacial score (nSPS) is 26.5. The van der Waals surface area contributed by atoms with Crippen LogP contribution in [0, 0.1) is 5.92 Å². The summed E-state index contributed by atoms with van der Waals surface area (Å²) in [6.45, 7) is 4.33. The Bertz CT molecular complexity index is 142. The molecule has 1 heterocycles. The van der Waals surface area contributed by atoms with E-state index in [2.05, 4.69) is 19.2 Å². The molecule has 0 bridgehead atoms. The predicted molar refractivity (Wildman–Crippen MR) is 45.2 cm³/mol. The molecule has 0 saturated carbocycles. The van der Waals surface area contributed by atoms with E-state index >= 15 is 0 Å². The first kappa shape index (κ1) is 8.57. The summed E-state index contributed by atoms with van der Waals surface area (Å²) < 4.78 is 0. The molecule has 0 aromatic carbocycles. The van der Waals surface area contributed by atoms with Gasteiger partial charge in [0.15, 0.2) is 0 Å². The zero-order valence-electron chi connectivity index (χ0n) is 7.39. The summed E-state index contributed by atoms with van der Waals surface area (Å²) in [6, 6.07) is 0.421. The lowest BCUT2D eigenvalue weighted by Gasteiger charge is -2.19. The Balaban J connectivity index is 2.45. The third-order valence-corrected chi connectivity index (χ3v) is 2.32. The molecule has 1 fully saturated rings. The van der Waals surface area contributed by atoms with Gasteiger partial charge >= 0.3 is 0 Å². The van der Waals surface area contributed by atoms with Gasteiger partial charge in [0.25, 0.3) is 0 Å². The lowest BCUT2D eigenvalue weighted by atomic mass is 10.00. The maximum absolute atomic E-state index is 11.1. The molecule has 1 rings (SSSR count). The number of hydrogen-bond donors (Lipinski definition) is 1. The van der Waals surface area contributed by atoms with E-state index in [0.717, 1.165) is 19.3 Å². The summed E-state index contributed by atoms with van der Waals surface area (Å²) >= 11 is 0. The summed E-state index contributed by atoms with van der Waals surface area (Å²) in [6.07, 6.45) is 4.14. The molecule has 1 aliphatic rings.